The summed E-state index contributed by atoms with van der Waals surface area (Å²) in [5.74, 6) is 0.773. The third-order valence-electron chi connectivity index (χ3n) is 1.67. The van der Waals surface area contributed by atoms with Gasteiger partial charge in [-0.05, 0) is 18.9 Å². The van der Waals surface area contributed by atoms with E-state index in [-0.39, 0.29) is 0 Å². The van der Waals surface area contributed by atoms with Crippen molar-refractivity contribution in [1.82, 2.24) is 0 Å². The van der Waals surface area contributed by atoms with Crippen molar-refractivity contribution >= 4 is 5.69 Å². The van der Waals surface area contributed by atoms with Gasteiger partial charge in [0.25, 0.3) is 0 Å². The van der Waals surface area contributed by atoms with Crippen molar-refractivity contribution in [3.05, 3.63) is 24.3 Å². The zero-order chi connectivity index (χ0) is 7.68. The van der Waals surface area contributed by atoms with Crippen LogP contribution in [-0.4, -0.2) is 6.10 Å². The van der Waals surface area contributed by atoms with Gasteiger partial charge in [0.2, 0.25) is 0 Å². The third kappa shape index (κ3) is 1.45. The standard InChI is InChI=1S/C9H10NO/c10-8-3-1-2-4-9(8)11-7-5-6-7/h1-2,4,7H,5-6,10H2. The Morgan fingerprint density at radius 3 is 3.00 bits per heavy atom. The van der Waals surface area contributed by atoms with E-state index in [0.717, 1.165) is 18.6 Å². The fraction of sp³-hybridized carbons (Fsp3) is 0.333. The number of nitrogens with two attached hydrogens (primary N) is 1. The predicted octanol–water partition coefficient (Wildman–Crippen LogP) is 1.61. The lowest BCUT2D eigenvalue weighted by molar-refractivity contribution is 0.305. The van der Waals surface area contributed by atoms with E-state index in [2.05, 4.69) is 6.07 Å². The molecule has 2 heteroatoms. The molecule has 11 heavy (non-hydrogen) atoms. The highest BCUT2D eigenvalue weighted by atomic mass is 16.5. The van der Waals surface area contributed by atoms with E-state index in [0.29, 0.717) is 11.8 Å². The number of para-hydroxylation sites is 1. The molecule has 1 radical (unpaired) electrons. The van der Waals surface area contributed by atoms with Gasteiger partial charge in [-0.25, -0.2) is 0 Å². The van der Waals surface area contributed by atoms with E-state index in [1.807, 2.05) is 12.1 Å². The molecule has 0 unspecified atom stereocenters. The summed E-state index contributed by atoms with van der Waals surface area (Å²) >= 11 is 0. The van der Waals surface area contributed by atoms with E-state index in [4.69, 9.17) is 10.5 Å². The molecule has 2 rings (SSSR count). The van der Waals surface area contributed by atoms with Gasteiger partial charge in [-0.1, -0.05) is 12.1 Å². The Kier molecular flexibility index (Phi) is 1.46. The summed E-state index contributed by atoms with van der Waals surface area (Å²) in [6.45, 7) is 0. The maximum absolute atomic E-state index is 5.62. The van der Waals surface area contributed by atoms with Crippen LogP contribution in [-0.2, 0) is 0 Å². The van der Waals surface area contributed by atoms with Crippen molar-refractivity contribution in [3.8, 4) is 5.75 Å². The van der Waals surface area contributed by atoms with E-state index in [1.54, 1.807) is 6.07 Å². The van der Waals surface area contributed by atoms with Crippen LogP contribution >= 0.6 is 0 Å². The number of hydrogen-bond donors (Lipinski definition) is 1. The normalized spacial score (nSPS) is 16.4. The largest absolute Gasteiger partial charge is 0.488 e. The second-order valence-corrected chi connectivity index (χ2v) is 2.77. The molecule has 1 aliphatic rings. The van der Waals surface area contributed by atoms with E-state index < -0.39 is 0 Å². The zero-order valence-electron chi connectivity index (χ0n) is 6.21. The molecule has 0 aromatic heterocycles. The number of hydrogen-bond acceptors (Lipinski definition) is 2. The van der Waals surface area contributed by atoms with Crippen LogP contribution < -0.4 is 10.5 Å². The van der Waals surface area contributed by atoms with E-state index in [1.165, 1.54) is 0 Å². The Balaban J connectivity index is 2.15. The first-order chi connectivity index (χ1) is 5.36. The minimum atomic E-state index is 0.410. The van der Waals surface area contributed by atoms with Gasteiger partial charge >= 0.3 is 0 Å². The van der Waals surface area contributed by atoms with Gasteiger partial charge in [0, 0.05) is 6.07 Å². The Bertz CT molecular complexity index is 255. The summed E-state index contributed by atoms with van der Waals surface area (Å²) in [4.78, 5) is 0. The molecule has 0 spiro atoms. The minimum Gasteiger partial charge on any atom is -0.488 e. The highest BCUT2D eigenvalue weighted by Crippen LogP contribution is 2.29. The van der Waals surface area contributed by atoms with Gasteiger partial charge in [-0.3, -0.25) is 0 Å². The molecular formula is C9H10NO. The lowest BCUT2D eigenvalue weighted by atomic mass is 10.3. The summed E-state index contributed by atoms with van der Waals surface area (Å²) in [6, 6.07) is 8.43. The number of anilines is 1. The molecule has 57 valence electrons. The average molecular weight is 148 g/mol. The lowest BCUT2D eigenvalue weighted by Gasteiger charge is -2.05. The Hall–Kier alpha value is -1.18. The average Bonchev–Trinajstić information content (AvgIpc) is 2.78. The third-order valence-corrected chi connectivity index (χ3v) is 1.67. The summed E-state index contributed by atoms with van der Waals surface area (Å²) < 4.78 is 5.50. The lowest BCUT2D eigenvalue weighted by Crippen LogP contribution is -1.99. The smallest absolute Gasteiger partial charge is 0.143 e. The number of rotatable bonds is 2. The quantitative estimate of drug-likeness (QED) is 0.647. The molecule has 1 aliphatic carbocycles. The predicted molar refractivity (Wildman–Crippen MR) is 43.3 cm³/mol. The van der Waals surface area contributed by atoms with Gasteiger partial charge in [0.1, 0.15) is 5.75 Å². The van der Waals surface area contributed by atoms with Crippen molar-refractivity contribution in [2.45, 2.75) is 18.9 Å². The summed E-state index contributed by atoms with van der Waals surface area (Å²) in [7, 11) is 0. The Labute approximate surface area is 66.0 Å². The van der Waals surface area contributed by atoms with Crippen LogP contribution in [0.25, 0.3) is 0 Å². The van der Waals surface area contributed by atoms with Crippen LogP contribution in [0.2, 0.25) is 0 Å². The molecule has 1 aromatic rings. The molecule has 1 fully saturated rings. The van der Waals surface area contributed by atoms with Gasteiger partial charge in [-0.2, -0.15) is 0 Å². The van der Waals surface area contributed by atoms with Gasteiger partial charge in [-0.15, -0.1) is 0 Å². The van der Waals surface area contributed by atoms with Gasteiger partial charge in [0.05, 0.1) is 11.8 Å². The zero-order valence-corrected chi connectivity index (χ0v) is 6.21. The highest BCUT2D eigenvalue weighted by molar-refractivity contribution is 5.51. The fourth-order valence-corrected chi connectivity index (χ4v) is 0.903. The number of ether oxygens (including phenoxy) is 1. The summed E-state index contributed by atoms with van der Waals surface area (Å²) in [5.41, 5.74) is 6.23. The van der Waals surface area contributed by atoms with Crippen molar-refractivity contribution < 1.29 is 4.74 Å². The van der Waals surface area contributed by atoms with Crippen LogP contribution in [0.15, 0.2) is 18.2 Å². The van der Waals surface area contributed by atoms with Gasteiger partial charge < -0.3 is 10.5 Å². The van der Waals surface area contributed by atoms with Crippen LogP contribution in [0.5, 0.6) is 5.75 Å². The maximum Gasteiger partial charge on any atom is 0.143 e. The highest BCUT2D eigenvalue weighted by Gasteiger charge is 2.23. The fourth-order valence-electron chi connectivity index (χ4n) is 0.903. The molecule has 0 aliphatic heterocycles. The topological polar surface area (TPSA) is 35.2 Å². The number of benzene rings is 1. The van der Waals surface area contributed by atoms with Crippen LogP contribution in [0.4, 0.5) is 5.69 Å². The van der Waals surface area contributed by atoms with Crippen LogP contribution in [0.3, 0.4) is 0 Å². The molecule has 1 aromatic carbocycles. The van der Waals surface area contributed by atoms with Crippen LogP contribution in [0, 0.1) is 6.07 Å². The Morgan fingerprint density at radius 1 is 1.55 bits per heavy atom. The van der Waals surface area contributed by atoms with Crippen molar-refractivity contribution in [3.63, 3.8) is 0 Å². The monoisotopic (exact) mass is 148 g/mol. The van der Waals surface area contributed by atoms with Crippen molar-refractivity contribution in [1.29, 1.82) is 0 Å². The van der Waals surface area contributed by atoms with Crippen molar-refractivity contribution in [2.75, 3.05) is 5.73 Å². The minimum absolute atomic E-state index is 0.410. The second-order valence-electron chi connectivity index (χ2n) is 2.77. The molecule has 2 nitrogen and oxygen atoms in total. The SMILES string of the molecule is Nc1[c]cccc1OC1CC1. The summed E-state index contributed by atoms with van der Waals surface area (Å²) in [5, 5.41) is 0. The first-order valence-corrected chi connectivity index (χ1v) is 3.79. The first-order valence-electron chi connectivity index (χ1n) is 3.79. The van der Waals surface area contributed by atoms with E-state index >= 15 is 0 Å². The molecular weight excluding hydrogens is 138 g/mol. The molecule has 1 saturated carbocycles. The Morgan fingerprint density at radius 2 is 2.36 bits per heavy atom. The number of nitrogen functional groups attached to an aromatic ring is 1. The molecule has 0 saturated heterocycles. The molecule has 0 atom stereocenters. The van der Waals surface area contributed by atoms with Gasteiger partial charge in [0.15, 0.2) is 0 Å². The molecule has 0 amide bonds. The maximum atomic E-state index is 5.62. The first kappa shape index (κ1) is 6.53. The molecule has 0 heterocycles. The second kappa shape index (κ2) is 2.46. The molecule has 2 N–H and O–H groups in total. The van der Waals surface area contributed by atoms with E-state index in [9.17, 15) is 0 Å². The van der Waals surface area contributed by atoms with Crippen molar-refractivity contribution in [2.24, 2.45) is 0 Å². The van der Waals surface area contributed by atoms with Crippen LogP contribution in [0.1, 0.15) is 12.8 Å². The molecule has 0 bridgehead atoms. The summed E-state index contributed by atoms with van der Waals surface area (Å²) in [6.07, 6.45) is 2.73.